The summed E-state index contributed by atoms with van der Waals surface area (Å²) in [6.07, 6.45) is 6.41. The minimum atomic E-state index is -0.628. The number of aromatic nitrogens is 2. The first-order valence-electron chi connectivity index (χ1n) is 6.36. The first-order valence-corrected chi connectivity index (χ1v) is 6.74. The minimum Gasteiger partial charge on any atom is -0.363 e. The highest BCUT2D eigenvalue weighted by Crippen LogP contribution is 2.17. The molecular formula is C15H15ClFN3. The third-order valence-electron chi connectivity index (χ3n) is 2.73. The van der Waals surface area contributed by atoms with Gasteiger partial charge in [0.2, 0.25) is 5.82 Å². The van der Waals surface area contributed by atoms with Gasteiger partial charge in [0.05, 0.1) is 0 Å². The molecule has 0 aliphatic heterocycles. The zero-order chi connectivity index (χ0) is 14.4. The second kappa shape index (κ2) is 7.01. The number of rotatable bonds is 5. The van der Waals surface area contributed by atoms with Crippen LogP contribution in [0.15, 0.2) is 36.7 Å². The fourth-order valence-electron chi connectivity index (χ4n) is 1.66. The van der Waals surface area contributed by atoms with Gasteiger partial charge in [-0.05, 0) is 17.5 Å². The first-order chi connectivity index (χ1) is 9.70. The van der Waals surface area contributed by atoms with E-state index in [1.807, 2.05) is 24.3 Å². The van der Waals surface area contributed by atoms with Crippen molar-refractivity contribution in [2.24, 2.45) is 0 Å². The molecule has 0 aliphatic carbocycles. The standard InChI is InChI=1S/C15H15ClFN3/c1-2-3-4-11-5-7-12(8-6-11)9-18-15-13(17)14(16)19-10-20-15/h3-8,10H,2,9H2,1H3,(H,18,19,20)/b4-3+. The average Bonchev–Trinajstić information content (AvgIpc) is 2.48. The SMILES string of the molecule is CC/C=C/c1ccc(CNc2ncnc(Cl)c2F)cc1. The van der Waals surface area contributed by atoms with Gasteiger partial charge in [-0.1, -0.05) is 54.9 Å². The van der Waals surface area contributed by atoms with E-state index in [9.17, 15) is 4.39 Å². The van der Waals surface area contributed by atoms with E-state index in [-0.39, 0.29) is 11.0 Å². The molecule has 0 bridgehead atoms. The highest BCUT2D eigenvalue weighted by molar-refractivity contribution is 6.29. The number of nitrogens with one attached hydrogen (secondary N) is 1. The second-order valence-electron chi connectivity index (χ2n) is 4.23. The van der Waals surface area contributed by atoms with Crippen molar-refractivity contribution in [3.8, 4) is 0 Å². The quantitative estimate of drug-likeness (QED) is 0.834. The van der Waals surface area contributed by atoms with Gasteiger partial charge in [0, 0.05) is 6.54 Å². The van der Waals surface area contributed by atoms with E-state index in [1.54, 1.807) is 0 Å². The molecule has 0 saturated heterocycles. The molecule has 0 radical (unpaired) electrons. The molecule has 1 aromatic heterocycles. The van der Waals surface area contributed by atoms with Crippen molar-refractivity contribution in [2.75, 3.05) is 5.32 Å². The fourth-order valence-corrected chi connectivity index (χ4v) is 1.79. The van der Waals surface area contributed by atoms with E-state index in [4.69, 9.17) is 11.6 Å². The molecule has 0 unspecified atom stereocenters. The van der Waals surface area contributed by atoms with Crippen molar-refractivity contribution in [1.82, 2.24) is 9.97 Å². The van der Waals surface area contributed by atoms with Crippen LogP contribution in [0.2, 0.25) is 5.15 Å². The van der Waals surface area contributed by atoms with Crippen LogP contribution in [0.5, 0.6) is 0 Å². The Morgan fingerprint density at radius 3 is 2.70 bits per heavy atom. The van der Waals surface area contributed by atoms with E-state index < -0.39 is 5.82 Å². The maximum atomic E-state index is 13.6. The summed E-state index contributed by atoms with van der Waals surface area (Å²) in [5, 5.41) is 2.73. The van der Waals surface area contributed by atoms with E-state index in [0.29, 0.717) is 6.54 Å². The van der Waals surface area contributed by atoms with E-state index in [0.717, 1.165) is 17.5 Å². The van der Waals surface area contributed by atoms with Crippen LogP contribution in [0.3, 0.4) is 0 Å². The maximum Gasteiger partial charge on any atom is 0.202 e. The maximum absolute atomic E-state index is 13.6. The lowest BCUT2D eigenvalue weighted by atomic mass is 10.1. The van der Waals surface area contributed by atoms with Gasteiger partial charge >= 0.3 is 0 Å². The molecule has 0 aliphatic rings. The van der Waals surface area contributed by atoms with Crippen LogP contribution in [0.1, 0.15) is 24.5 Å². The van der Waals surface area contributed by atoms with Gasteiger partial charge in [-0.3, -0.25) is 0 Å². The largest absolute Gasteiger partial charge is 0.363 e. The summed E-state index contributed by atoms with van der Waals surface area (Å²) < 4.78 is 13.6. The Kier molecular flexibility index (Phi) is 5.07. The second-order valence-corrected chi connectivity index (χ2v) is 4.59. The predicted octanol–water partition coefficient (Wildman–Crippen LogP) is 4.30. The number of allylic oxidation sites excluding steroid dienone is 1. The van der Waals surface area contributed by atoms with Crippen LogP contribution in [0.25, 0.3) is 6.08 Å². The lowest BCUT2D eigenvalue weighted by Crippen LogP contribution is -2.04. The van der Waals surface area contributed by atoms with Gasteiger partial charge < -0.3 is 5.32 Å². The van der Waals surface area contributed by atoms with E-state index >= 15 is 0 Å². The van der Waals surface area contributed by atoms with E-state index in [2.05, 4.69) is 34.4 Å². The number of benzene rings is 1. The third kappa shape index (κ3) is 3.78. The Labute approximate surface area is 122 Å². The number of nitrogens with zero attached hydrogens (tertiary/aromatic N) is 2. The van der Waals surface area contributed by atoms with Gasteiger partial charge in [-0.15, -0.1) is 0 Å². The summed E-state index contributed by atoms with van der Waals surface area (Å²) in [5.41, 5.74) is 2.18. The number of halogens is 2. The van der Waals surface area contributed by atoms with Crippen LogP contribution >= 0.6 is 11.6 Å². The Morgan fingerprint density at radius 2 is 2.00 bits per heavy atom. The monoisotopic (exact) mass is 291 g/mol. The Morgan fingerprint density at radius 1 is 1.25 bits per heavy atom. The van der Waals surface area contributed by atoms with Crippen LogP contribution < -0.4 is 5.32 Å². The van der Waals surface area contributed by atoms with Crippen molar-refractivity contribution < 1.29 is 4.39 Å². The summed E-state index contributed by atoms with van der Waals surface area (Å²) in [4.78, 5) is 7.39. The summed E-state index contributed by atoms with van der Waals surface area (Å²) in [7, 11) is 0. The molecule has 0 spiro atoms. The van der Waals surface area contributed by atoms with Gasteiger partial charge in [0.25, 0.3) is 0 Å². The van der Waals surface area contributed by atoms with Gasteiger partial charge in [-0.25, -0.2) is 9.97 Å². The highest BCUT2D eigenvalue weighted by atomic mass is 35.5. The average molecular weight is 292 g/mol. The third-order valence-corrected chi connectivity index (χ3v) is 3.00. The lowest BCUT2D eigenvalue weighted by molar-refractivity contribution is 0.617. The molecular weight excluding hydrogens is 277 g/mol. The summed E-state index contributed by atoms with van der Waals surface area (Å²) >= 11 is 5.59. The minimum absolute atomic E-state index is 0.111. The van der Waals surface area contributed by atoms with Crippen LogP contribution in [0.4, 0.5) is 10.2 Å². The van der Waals surface area contributed by atoms with Gasteiger partial charge in [0.1, 0.15) is 6.33 Å². The molecule has 0 amide bonds. The van der Waals surface area contributed by atoms with Crippen molar-refractivity contribution in [1.29, 1.82) is 0 Å². The van der Waals surface area contributed by atoms with Crippen molar-refractivity contribution in [3.63, 3.8) is 0 Å². The zero-order valence-corrected chi connectivity index (χ0v) is 11.9. The molecule has 1 aromatic carbocycles. The number of hydrogen-bond acceptors (Lipinski definition) is 3. The highest BCUT2D eigenvalue weighted by Gasteiger charge is 2.08. The fraction of sp³-hybridized carbons (Fsp3) is 0.200. The lowest BCUT2D eigenvalue weighted by Gasteiger charge is -2.07. The molecule has 2 rings (SSSR count). The van der Waals surface area contributed by atoms with Crippen molar-refractivity contribution in [3.05, 3.63) is 58.8 Å². The number of hydrogen-bond donors (Lipinski definition) is 1. The number of anilines is 1. The molecule has 20 heavy (non-hydrogen) atoms. The molecule has 1 N–H and O–H groups in total. The van der Waals surface area contributed by atoms with Gasteiger partial charge in [0.15, 0.2) is 11.0 Å². The molecule has 2 aromatic rings. The van der Waals surface area contributed by atoms with Crippen LogP contribution in [0, 0.1) is 5.82 Å². The smallest absolute Gasteiger partial charge is 0.202 e. The van der Waals surface area contributed by atoms with Crippen LogP contribution in [-0.4, -0.2) is 9.97 Å². The van der Waals surface area contributed by atoms with Crippen molar-refractivity contribution >= 4 is 23.5 Å². The summed E-state index contributed by atoms with van der Waals surface area (Å²) in [6, 6.07) is 8.02. The Bertz CT molecular complexity index is 597. The zero-order valence-electron chi connectivity index (χ0n) is 11.1. The molecule has 0 atom stereocenters. The first kappa shape index (κ1) is 14.5. The molecule has 3 nitrogen and oxygen atoms in total. The normalized spacial score (nSPS) is 10.9. The molecule has 1 heterocycles. The summed E-state index contributed by atoms with van der Waals surface area (Å²) in [6.45, 7) is 2.57. The summed E-state index contributed by atoms with van der Waals surface area (Å²) in [5.74, 6) is -0.517. The molecule has 0 saturated carbocycles. The van der Waals surface area contributed by atoms with Crippen molar-refractivity contribution in [2.45, 2.75) is 19.9 Å². The molecule has 104 valence electrons. The van der Waals surface area contributed by atoms with Gasteiger partial charge in [-0.2, -0.15) is 4.39 Å². The van der Waals surface area contributed by atoms with E-state index in [1.165, 1.54) is 6.33 Å². The molecule has 5 heteroatoms. The Hall–Kier alpha value is -1.94. The van der Waals surface area contributed by atoms with Crippen LogP contribution in [-0.2, 0) is 6.54 Å². The predicted molar refractivity (Wildman–Crippen MR) is 80.1 cm³/mol. The molecule has 0 fully saturated rings. The topological polar surface area (TPSA) is 37.8 Å². The Balaban J connectivity index is 2.00.